The first-order chi connectivity index (χ1) is 10.7. The average molecular weight is 314 g/mol. The topological polar surface area (TPSA) is 60.0 Å². The fraction of sp³-hybridized carbons (Fsp3) is 0.176. The highest BCUT2D eigenvalue weighted by molar-refractivity contribution is 6.31. The van der Waals surface area contributed by atoms with E-state index in [4.69, 9.17) is 27.1 Å². The Morgan fingerprint density at radius 2 is 1.91 bits per heavy atom. The zero-order valence-electron chi connectivity index (χ0n) is 12.2. The summed E-state index contributed by atoms with van der Waals surface area (Å²) in [6, 6.07) is 13.4. The van der Waals surface area contributed by atoms with Crippen molar-refractivity contribution in [3.8, 4) is 5.75 Å². The molecule has 0 bridgehead atoms. The van der Waals surface area contributed by atoms with Crippen LogP contribution in [0.1, 0.15) is 17.5 Å². The van der Waals surface area contributed by atoms with Crippen LogP contribution >= 0.6 is 11.6 Å². The predicted molar refractivity (Wildman–Crippen MR) is 90.9 cm³/mol. The summed E-state index contributed by atoms with van der Waals surface area (Å²) in [5.74, 6) is 1.39. The lowest BCUT2D eigenvalue weighted by atomic mass is 10.00. The van der Waals surface area contributed by atoms with Crippen molar-refractivity contribution in [2.45, 2.75) is 6.42 Å². The highest BCUT2D eigenvalue weighted by atomic mass is 35.5. The minimum absolute atomic E-state index is 0.584. The Labute approximate surface area is 134 Å². The van der Waals surface area contributed by atoms with Crippen LogP contribution in [0.25, 0.3) is 0 Å². The number of benzene rings is 2. The summed E-state index contributed by atoms with van der Waals surface area (Å²) in [5.41, 5.74) is 9.46. The van der Waals surface area contributed by atoms with Gasteiger partial charge in [0.15, 0.2) is 0 Å². The van der Waals surface area contributed by atoms with Crippen LogP contribution in [0.3, 0.4) is 0 Å². The quantitative estimate of drug-likeness (QED) is 0.921. The van der Waals surface area contributed by atoms with Crippen molar-refractivity contribution >= 4 is 28.8 Å². The molecule has 0 atom stereocenters. The second-order valence-corrected chi connectivity index (χ2v) is 5.41. The van der Waals surface area contributed by atoms with Crippen LogP contribution in [0.2, 0.25) is 5.02 Å². The number of nitrogens with zero attached hydrogens (tertiary/aromatic N) is 2. The molecule has 2 aromatic rings. The van der Waals surface area contributed by atoms with Gasteiger partial charge in [-0.05, 0) is 42.5 Å². The SMILES string of the molecule is COc1ccc(C2=NCCC(N)=Nc3ccc(Cl)cc32)cc1. The lowest BCUT2D eigenvalue weighted by Crippen LogP contribution is -2.16. The number of fused-ring (bicyclic) bond motifs is 1. The molecule has 0 saturated carbocycles. The second-order valence-electron chi connectivity index (χ2n) is 4.97. The van der Waals surface area contributed by atoms with Crippen LogP contribution < -0.4 is 10.5 Å². The average Bonchev–Trinajstić information content (AvgIpc) is 2.52. The highest BCUT2D eigenvalue weighted by Gasteiger charge is 2.15. The van der Waals surface area contributed by atoms with Crippen LogP contribution in [0.15, 0.2) is 52.4 Å². The zero-order valence-corrected chi connectivity index (χ0v) is 13.0. The van der Waals surface area contributed by atoms with Crippen LogP contribution in [0.5, 0.6) is 5.75 Å². The van der Waals surface area contributed by atoms with Gasteiger partial charge in [0.2, 0.25) is 0 Å². The molecule has 22 heavy (non-hydrogen) atoms. The van der Waals surface area contributed by atoms with Gasteiger partial charge < -0.3 is 10.5 Å². The van der Waals surface area contributed by atoms with Crippen LogP contribution in [0, 0.1) is 0 Å². The van der Waals surface area contributed by atoms with Gasteiger partial charge in [0.1, 0.15) is 11.6 Å². The summed E-state index contributed by atoms with van der Waals surface area (Å²) in [7, 11) is 1.65. The first kappa shape index (κ1) is 14.6. The van der Waals surface area contributed by atoms with E-state index in [1.54, 1.807) is 7.11 Å². The van der Waals surface area contributed by atoms with Gasteiger partial charge in [0.05, 0.1) is 18.5 Å². The molecule has 0 radical (unpaired) electrons. The normalized spacial score (nSPS) is 14.3. The Morgan fingerprint density at radius 3 is 2.64 bits per heavy atom. The Kier molecular flexibility index (Phi) is 4.11. The standard InChI is InChI=1S/C17H16ClN3O/c1-22-13-5-2-11(3-6-13)17-14-10-12(18)4-7-15(14)21-16(19)8-9-20-17/h2-7,10H,8-9H2,1H3,(H2,19,21). The molecule has 4 nitrogen and oxygen atoms in total. The third-order valence-electron chi connectivity index (χ3n) is 3.48. The molecule has 2 aromatic carbocycles. The maximum Gasteiger partial charge on any atom is 0.118 e. The summed E-state index contributed by atoms with van der Waals surface area (Å²) in [6.07, 6.45) is 0.641. The van der Waals surface area contributed by atoms with E-state index >= 15 is 0 Å². The van der Waals surface area contributed by atoms with E-state index in [2.05, 4.69) is 4.99 Å². The summed E-state index contributed by atoms with van der Waals surface area (Å²) >= 11 is 6.15. The molecule has 1 heterocycles. The molecule has 0 spiro atoms. The van der Waals surface area contributed by atoms with Crippen LogP contribution in [0.4, 0.5) is 5.69 Å². The molecular formula is C17H16ClN3O. The van der Waals surface area contributed by atoms with E-state index in [1.807, 2.05) is 42.5 Å². The minimum atomic E-state index is 0.584. The van der Waals surface area contributed by atoms with Crippen LogP contribution in [-0.4, -0.2) is 25.2 Å². The van der Waals surface area contributed by atoms with Crippen molar-refractivity contribution in [2.75, 3.05) is 13.7 Å². The maximum atomic E-state index is 6.15. The molecule has 1 aliphatic heterocycles. The van der Waals surface area contributed by atoms with Crippen molar-refractivity contribution in [1.82, 2.24) is 0 Å². The maximum absolute atomic E-state index is 6.15. The fourth-order valence-electron chi connectivity index (χ4n) is 2.37. The second kappa shape index (κ2) is 6.20. The van der Waals surface area contributed by atoms with Gasteiger partial charge in [-0.3, -0.25) is 4.99 Å². The van der Waals surface area contributed by atoms with Gasteiger partial charge in [-0.1, -0.05) is 11.6 Å². The number of hydrogen-bond acceptors (Lipinski definition) is 4. The van der Waals surface area contributed by atoms with Gasteiger partial charge >= 0.3 is 0 Å². The zero-order chi connectivity index (χ0) is 15.5. The van der Waals surface area contributed by atoms with Crippen molar-refractivity contribution in [3.63, 3.8) is 0 Å². The van der Waals surface area contributed by atoms with E-state index in [9.17, 15) is 0 Å². The number of halogens is 1. The van der Waals surface area contributed by atoms with Gasteiger partial charge in [-0.2, -0.15) is 0 Å². The lowest BCUT2D eigenvalue weighted by molar-refractivity contribution is 0.415. The van der Waals surface area contributed by atoms with Crippen molar-refractivity contribution in [3.05, 3.63) is 58.6 Å². The third kappa shape index (κ3) is 2.97. The van der Waals surface area contributed by atoms with Crippen molar-refractivity contribution < 1.29 is 4.74 Å². The van der Waals surface area contributed by atoms with Gasteiger partial charge in [-0.25, -0.2) is 4.99 Å². The Bertz CT molecular complexity index is 751. The van der Waals surface area contributed by atoms with Gasteiger partial charge in [0, 0.05) is 29.1 Å². The van der Waals surface area contributed by atoms with E-state index in [1.165, 1.54) is 0 Å². The number of amidine groups is 1. The third-order valence-corrected chi connectivity index (χ3v) is 3.71. The molecule has 0 fully saturated rings. The monoisotopic (exact) mass is 313 g/mol. The van der Waals surface area contributed by atoms with Crippen LogP contribution in [-0.2, 0) is 0 Å². The van der Waals surface area contributed by atoms with E-state index in [-0.39, 0.29) is 0 Å². The number of nitrogens with two attached hydrogens (primary N) is 1. The van der Waals surface area contributed by atoms with Crippen molar-refractivity contribution in [1.29, 1.82) is 0 Å². The number of hydrogen-bond donors (Lipinski definition) is 1. The van der Waals surface area contributed by atoms with E-state index in [0.717, 1.165) is 28.3 Å². The fourth-order valence-corrected chi connectivity index (χ4v) is 2.54. The first-order valence-corrected chi connectivity index (χ1v) is 7.37. The summed E-state index contributed by atoms with van der Waals surface area (Å²) in [4.78, 5) is 9.18. The molecule has 2 N–H and O–H groups in total. The molecule has 1 aliphatic rings. The van der Waals surface area contributed by atoms with Gasteiger partial charge in [-0.15, -0.1) is 0 Å². The van der Waals surface area contributed by atoms with E-state index < -0.39 is 0 Å². The van der Waals surface area contributed by atoms with Crippen molar-refractivity contribution in [2.24, 2.45) is 15.7 Å². The molecule has 0 amide bonds. The Hall–Kier alpha value is -2.33. The molecule has 3 rings (SSSR count). The minimum Gasteiger partial charge on any atom is -0.497 e. The number of rotatable bonds is 2. The molecular weight excluding hydrogens is 298 g/mol. The molecule has 0 unspecified atom stereocenters. The number of methoxy groups -OCH3 is 1. The van der Waals surface area contributed by atoms with Gasteiger partial charge in [0.25, 0.3) is 0 Å². The molecule has 0 saturated heterocycles. The molecule has 112 valence electrons. The number of ether oxygens (including phenoxy) is 1. The molecule has 5 heteroatoms. The lowest BCUT2D eigenvalue weighted by Gasteiger charge is -2.14. The van der Waals surface area contributed by atoms with E-state index in [0.29, 0.717) is 23.8 Å². The largest absolute Gasteiger partial charge is 0.497 e. The first-order valence-electron chi connectivity index (χ1n) is 6.99. The Balaban J connectivity index is 2.13. The summed E-state index contributed by atoms with van der Waals surface area (Å²) in [6.45, 7) is 0.600. The highest BCUT2D eigenvalue weighted by Crippen LogP contribution is 2.28. The number of aliphatic imine (C=N–C) groups is 2. The summed E-state index contributed by atoms with van der Waals surface area (Å²) in [5, 5.41) is 0.648. The smallest absolute Gasteiger partial charge is 0.118 e. The molecule has 0 aliphatic carbocycles. The predicted octanol–water partition coefficient (Wildman–Crippen LogP) is 3.58. The molecule has 0 aromatic heterocycles. The summed E-state index contributed by atoms with van der Waals surface area (Å²) < 4.78 is 5.20. The Morgan fingerprint density at radius 1 is 1.14 bits per heavy atom.